The summed E-state index contributed by atoms with van der Waals surface area (Å²) in [5.41, 5.74) is 3.37. The van der Waals surface area contributed by atoms with E-state index in [1.165, 1.54) is 7.05 Å². The van der Waals surface area contributed by atoms with Gasteiger partial charge in [0.05, 0.1) is 30.2 Å². The van der Waals surface area contributed by atoms with E-state index in [1.807, 2.05) is 54.6 Å². The van der Waals surface area contributed by atoms with Crippen LogP contribution in [0.1, 0.15) is 30.5 Å². The van der Waals surface area contributed by atoms with Gasteiger partial charge in [0.1, 0.15) is 18.1 Å². The third-order valence-electron chi connectivity index (χ3n) is 8.12. The van der Waals surface area contributed by atoms with E-state index in [9.17, 15) is 24.9 Å². The second-order valence-electron chi connectivity index (χ2n) is 10.7. The molecule has 1 fully saturated rings. The number of pyridine rings is 1. The van der Waals surface area contributed by atoms with Crippen LogP contribution in [0.4, 0.5) is 0 Å². The van der Waals surface area contributed by atoms with Gasteiger partial charge in [0.15, 0.2) is 0 Å². The smallest absolute Gasteiger partial charge is 0.233 e. The number of ether oxygens (including phenoxy) is 1. The third kappa shape index (κ3) is 6.18. The molecule has 2 aliphatic rings. The van der Waals surface area contributed by atoms with E-state index < -0.39 is 23.9 Å². The Labute approximate surface area is 253 Å². The van der Waals surface area contributed by atoms with Gasteiger partial charge in [-0.05, 0) is 84.5 Å². The Kier molecular flexibility index (Phi) is 9.21. The van der Waals surface area contributed by atoms with Crippen LogP contribution in [0, 0.1) is 17.8 Å². The number of aliphatic hydroxyl groups excluding tert-OH is 2. The molecule has 42 heavy (non-hydrogen) atoms. The molecule has 9 heteroatoms. The third-order valence-corrected chi connectivity index (χ3v) is 8.61. The minimum atomic E-state index is -1.02. The fourth-order valence-corrected chi connectivity index (χ4v) is 6.42. The van der Waals surface area contributed by atoms with Crippen molar-refractivity contribution in [3.05, 3.63) is 99.8 Å². The molecule has 1 aliphatic heterocycles. The summed E-state index contributed by atoms with van der Waals surface area (Å²) in [4.78, 5) is 31.7. The largest absolute Gasteiger partial charge is 0.507 e. The maximum absolute atomic E-state index is 13.1. The van der Waals surface area contributed by atoms with Gasteiger partial charge in [0, 0.05) is 29.2 Å². The van der Waals surface area contributed by atoms with Crippen molar-refractivity contribution in [1.82, 2.24) is 9.88 Å². The second-order valence-corrected chi connectivity index (χ2v) is 11.6. The molecule has 4 atom stereocenters. The van der Waals surface area contributed by atoms with E-state index in [-0.39, 0.29) is 43.6 Å². The number of allylic oxidation sites excluding steroid dienone is 1. The van der Waals surface area contributed by atoms with Gasteiger partial charge >= 0.3 is 0 Å². The Bertz CT molecular complexity index is 1510. The first-order valence-corrected chi connectivity index (χ1v) is 14.7. The number of phenolic OH excluding ortho intramolecular Hbond substituents is 1. The van der Waals surface area contributed by atoms with E-state index in [2.05, 4.69) is 20.9 Å². The average Bonchev–Trinajstić information content (AvgIpc) is 3.23. The molecule has 1 saturated heterocycles. The number of amides is 2. The Hall–Kier alpha value is -3.79. The molecule has 2 amide bonds. The first kappa shape index (κ1) is 29.7. The molecule has 3 aromatic rings. The highest BCUT2D eigenvalue weighted by atomic mass is 79.9. The monoisotopic (exact) mass is 632 g/mol. The summed E-state index contributed by atoms with van der Waals surface area (Å²) in [5, 5.41) is 32.7. The van der Waals surface area contributed by atoms with Gasteiger partial charge in [-0.1, -0.05) is 40.2 Å². The van der Waals surface area contributed by atoms with Crippen molar-refractivity contribution in [2.24, 2.45) is 17.8 Å². The number of benzene rings is 2. The van der Waals surface area contributed by atoms with Crippen molar-refractivity contribution < 1.29 is 29.6 Å². The summed E-state index contributed by atoms with van der Waals surface area (Å²) in [5.74, 6) is -1.91. The van der Waals surface area contributed by atoms with Crippen molar-refractivity contribution in [1.29, 1.82) is 0 Å². The second kappa shape index (κ2) is 13.0. The number of aromatic nitrogens is 1. The number of aromatic hydroxyl groups is 1. The zero-order chi connectivity index (χ0) is 29.8. The number of aliphatic hydroxyl groups is 2. The maximum atomic E-state index is 13.1. The molecule has 0 bridgehead atoms. The number of likely N-dealkylation sites (tertiary alicyclic amines) is 1. The van der Waals surface area contributed by atoms with Gasteiger partial charge in [-0.15, -0.1) is 0 Å². The molecule has 1 aromatic heterocycles. The van der Waals surface area contributed by atoms with Crippen LogP contribution in [0.2, 0.25) is 0 Å². The molecule has 2 aromatic carbocycles. The van der Waals surface area contributed by atoms with Crippen LogP contribution in [0.5, 0.6) is 11.5 Å². The Morgan fingerprint density at radius 2 is 1.88 bits per heavy atom. The van der Waals surface area contributed by atoms with E-state index in [0.29, 0.717) is 29.0 Å². The molecule has 218 valence electrons. The lowest BCUT2D eigenvalue weighted by molar-refractivity contribution is -0.138. The normalized spacial score (nSPS) is 21.5. The predicted molar refractivity (Wildman–Crippen MR) is 162 cm³/mol. The van der Waals surface area contributed by atoms with Crippen molar-refractivity contribution >= 4 is 39.4 Å². The molecule has 0 unspecified atom stereocenters. The first-order chi connectivity index (χ1) is 20.3. The molecule has 8 nitrogen and oxygen atoms in total. The first-order valence-electron chi connectivity index (χ1n) is 13.9. The van der Waals surface area contributed by atoms with Gasteiger partial charge in [-0.25, -0.2) is 0 Å². The molecule has 0 radical (unpaired) electrons. The van der Waals surface area contributed by atoms with Crippen molar-refractivity contribution in [3.8, 4) is 11.5 Å². The highest BCUT2D eigenvalue weighted by Crippen LogP contribution is 2.46. The number of halogens is 1. The zero-order valence-electron chi connectivity index (χ0n) is 23.2. The Morgan fingerprint density at radius 1 is 1.12 bits per heavy atom. The Balaban J connectivity index is 1.48. The number of hydrogen-bond acceptors (Lipinski definition) is 7. The predicted octanol–water partition coefficient (Wildman–Crippen LogP) is 4.85. The minimum Gasteiger partial charge on any atom is -0.507 e. The maximum Gasteiger partial charge on any atom is 0.233 e. The van der Waals surface area contributed by atoms with Crippen LogP contribution in [0.15, 0.2) is 88.5 Å². The lowest BCUT2D eigenvalue weighted by atomic mass is 9.68. The van der Waals surface area contributed by atoms with Crippen molar-refractivity contribution in [2.45, 2.75) is 25.4 Å². The van der Waals surface area contributed by atoms with E-state index >= 15 is 0 Å². The molecular formula is C33H33BrN2O6. The lowest BCUT2D eigenvalue weighted by Gasteiger charge is -2.36. The van der Waals surface area contributed by atoms with Crippen molar-refractivity contribution in [2.75, 3.05) is 20.3 Å². The van der Waals surface area contributed by atoms with Crippen LogP contribution in [-0.2, 0) is 9.59 Å². The minimum absolute atomic E-state index is 0.113. The number of rotatable bonds is 10. The number of fused-ring (bicyclic) bond motifs is 1. The van der Waals surface area contributed by atoms with Crippen LogP contribution in [-0.4, -0.2) is 63.4 Å². The van der Waals surface area contributed by atoms with Gasteiger partial charge in [-0.2, -0.15) is 0 Å². The van der Waals surface area contributed by atoms with Gasteiger partial charge in [0.25, 0.3) is 0 Å². The fourth-order valence-electron chi connectivity index (χ4n) is 6.04. The van der Waals surface area contributed by atoms with E-state index in [0.717, 1.165) is 20.5 Å². The van der Waals surface area contributed by atoms with Crippen LogP contribution < -0.4 is 4.74 Å². The summed E-state index contributed by atoms with van der Waals surface area (Å²) >= 11 is 3.45. The van der Waals surface area contributed by atoms with E-state index in [4.69, 9.17) is 4.74 Å². The van der Waals surface area contributed by atoms with Crippen LogP contribution >= 0.6 is 15.9 Å². The number of nitrogens with zero attached hydrogens (tertiary/aromatic N) is 2. The molecule has 0 saturated carbocycles. The molecule has 0 spiro atoms. The van der Waals surface area contributed by atoms with Gasteiger partial charge < -0.3 is 20.1 Å². The summed E-state index contributed by atoms with van der Waals surface area (Å²) in [6.07, 6.45) is 3.42. The standard InChI is InChI=1S/C33H33BrN2O6/c1-36-32(40)25-17-22(19-42-24-7-3-2-4-8-24)30(26(18-37)31(25)33(36)41)29(39)12-10-20(27-9-5-6-14-35-27)15-21-16-23(34)11-13-28(21)38/h2-9,11,13-16,25-26,29,31,37-39H,10,12,17-19H2,1H3/b20-15-/t25-,26+,29-,31-/m1/s1. The fraction of sp³-hybridized carbons (Fsp3) is 0.303. The van der Waals surface area contributed by atoms with Crippen molar-refractivity contribution in [3.63, 3.8) is 0 Å². The average molecular weight is 634 g/mol. The zero-order valence-corrected chi connectivity index (χ0v) is 24.8. The number of imide groups is 1. The highest BCUT2D eigenvalue weighted by Gasteiger charge is 2.53. The quantitative estimate of drug-likeness (QED) is 0.216. The van der Waals surface area contributed by atoms with E-state index in [1.54, 1.807) is 24.4 Å². The topological polar surface area (TPSA) is 120 Å². The molecule has 2 heterocycles. The summed E-state index contributed by atoms with van der Waals surface area (Å²) in [7, 11) is 1.47. The van der Waals surface area contributed by atoms with Gasteiger partial charge in [0.2, 0.25) is 11.8 Å². The number of para-hydroxylation sites is 1. The number of hydrogen-bond donors (Lipinski definition) is 3. The Morgan fingerprint density at radius 3 is 2.60 bits per heavy atom. The number of phenols is 1. The summed E-state index contributed by atoms with van der Waals surface area (Å²) < 4.78 is 6.85. The molecule has 1 aliphatic carbocycles. The molecule has 3 N–H and O–H groups in total. The highest BCUT2D eigenvalue weighted by molar-refractivity contribution is 9.10. The molecular weight excluding hydrogens is 600 g/mol. The van der Waals surface area contributed by atoms with Gasteiger partial charge in [-0.3, -0.25) is 19.5 Å². The lowest BCUT2D eigenvalue weighted by Crippen LogP contribution is -2.39. The summed E-state index contributed by atoms with van der Waals surface area (Å²) in [6.45, 7) is -0.264. The number of carbonyl (C=O) groups excluding carboxylic acids is 2. The number of carbonyl (C=O) groups is 2. The van der Waals surface area contributed by atoms with Crippen LogP contribution in [0.25, 0.3) is 11.6 Å². The summed E-state index contributed by atoms with van der Waals surface area (Å²) in [6, 6.07) is 20.0. The van der Waals surface area contributed by atoms with Crippen LogP contribution in [0.3, 0.4) is 0 Å². The SMILES string of the molecule is CN1C(=O)[C@@H]2[C@@H](CC(COc3ccccc3)=C([C@H](O)CC/C(=C/c3cc(Br)ccc3O)c3ccccn3)[C@@H]2CO)C1=O. The molecule has 5 rings (SSSR count).